The summed E-state index contributed by atoms with van der Waals surface area (Å²) in [5.41, 5.74) is 5.70. The van der Waals surface area contributed by atoms with E-state index in [0.717, 1.165) is 0 Å². The average molecular weight is 194 g/mol. The Morgan fingerprint density at radius 3 is 2.86 bits per heavy atom. The van der Waals surface area contributed by atoms with E-state index in [4.69, 9.17) is 5.73 Å². The third-order valence-corrected chi connectivity index (χ3v) is 1.67. The molecule has 0 spiro atoms. The molecular formula is C9H10N2O3. The number of aromatic nitrogens is 1. The lowest BCUT2D eigenvalue weighted by atomic mass is 10.1. The molecule has 0 aliphatic carbocycles. The Morgan fingerprint density at radius 2 is 2.29 bits per heavy atom. The van der Waals surface area contributed by atoms with Crippen LogP contribution in [0.5, 0.6) is 0 Å². The SMILES string of the molecule is COC(=O)CC(=O)c1cccnc1N. The van der Waals surface area contributed by atoms with Gasteiger partial charge in [-0.2, -0.15) is 0 Å². The molecule has 0 saturated carbocycles. The van der Waals surface area contributed by atoms with Gasteiger partial charge in [0.25, 0.3) is 0 Å². The number of anilines is 1. The molecule has 5 heteroatoms. The molecule has 1 aromatic rings. The monoisotopic (exact) mass is 194 g/mol. The molecule has 2 N–H and O–H groups in total. The molecule has 0 bridgehead atoms. The van der Waals surface area contributed by atoms with Gasteiger partial charge < -0.3 is 10.5 Å². The quantitative estimate of drug-likeness (QED) is 0.428. The van der Waals surface area contributed by atoms with Crippen LogP contribution in [0.15, 0.2) is 18.3 Å². The maximum atomic E-state index is 11.4. The highest BCUT2D eigenvalue weighted by Crippen LogP contribution is 2.09. The number of ketones is 1. The molecule has 0 aliphatic rings. The van der Waals surface area contributed by atoms with E-state index in [9.17, 15) is 9.59 Å². The number of methoxy groups -OCH3 is 1. The topological polar surface area (TPSA) is 82.3 Å². The fourth-order valence-corrected chi connectivity index (χ4v) is 0.952. The van der Waals surface area contributed by atoms with Crippen molar-refractivity contribution in [2.24, 2.45) is 0 Å². The van der Waals surface area contributed by atoms with E-state index in [0.29, 0.717) is 0 Å². The number of rotatable bonds is 3. The summed E-state index contributed by atoms with van der Waals surface area (Å²) in [7, 11) is 1.22. The van der Waals surface area contributed by atoms with Gasteiger partial charge in [0.1, 0.15) is 12.2 Å². The number of ether oxygens (including phenoxy) is 1. The second-order valence-electron chi connectivity index (χ2n) is 2.61. The van der Waals surface area contributed by atoms with Crippen LogP contribution in [-0.4, -0.2) is 23.8 Å². The van der Waals surface area contributed by atoms with Crippen LogP contribution in [0.4, 0.5) is 5.82 Å². The molecule has 1 rings (SSSR count). The van der Waals surface area contributed by atoms with Gasteiger partial charge in [-0.05, 0) is 12.1 Å². The van der Waals surface area contributed by atoms with Crippen LogP contribution in [0.25, 0.3) is 0 Å². The van der Waals surface area contributed by atoms with Crippen LogP contribution >= 0.6 is 0 Å². The number of nitrogen functional groups attached to an aromatic ring is 1. The Hall–Kier alpha value is -1.91. The van der Waals surface area contributed by atoms with Gasteiger partial charge in [0, 0.05) is 6.20 Å². The zero-order chi connectivity index (χ0) is 10.6. The Morgan fingerprint density at radius 1 is 1.57 bits per heavy atom. The van der Waals surface area contributed by atoms with Crippen molar-refractivity contribution in [2.75, 3.05) is 12.8 Å². The molecule has 5 nitrogen and oxygen atoms in total. The molecule has 0 atom stereocenters. The van der Waals surface area contributed by atoms with Gasteiger partial charge in [-0.1, -0.05) is 0 Å². The van der Waals surface area contributed by atoms with Gasteiger partial charge in [0.2, 0.25) is 0 Å². The van der Waals surface area contributed by atoms with Crippen LogP contribution in [-0.2, 0) is 9.53 Å². The zero-order valence-electron chi connectivity index (χ0n) is 7.69. The molecule has 0 aromatic carbocycles. The molecule has 0 radical (unpaired) electrons. The van der Waals surface area contributed by atoms with Crippen molar-refractivity contribution in [2.45, 2.75) is 6.42 Å². The first kappa shape index (κ1) is 10.2. The van der Waals surface area contributed by atoms with E-state index in [-0.39, 0.29) is 23.6 Å². The summed E-state index contributed by atoms with van der Waals surface area (Å²) in [5, 5.41) is 0. The number of Topliss-reactive ketones (excluding diaryl/α,β-unsaturated/α-hetero) is 1. The molecule has 1 heterocycles. The van der Waals surface area contributed by atoms with E-state index < -0.39 is 5.97 Å². The Labute approximate surface area is 80.9 Å². The number of hydrogen-bond acceptors (Lipinski definition) is 5. The molecule has 1 aromatic heterocycles. The van der Waals surface area contributed by atoms with Gasteiger partial charge >= 0.3 is 5.97 Å². The van der Waals surface area contributed by atoms with E-state index in [1.807, 2.05) is 0 Å². The van der Waals surface area contributed by atoms with Gasteiger partial charge in [0.05, 0.1) is 12.7 Å². The summed E-state index contributed by atoms with van der Waals surface area (Å²) < 4.78 is 4.36. The van der Waals surface area contributed by atoms with Gasteiger partial charge in [-0.15, -0.1) is 0 Å². The lowest BCUT2D eigenvalue weighted by Crippen LogP contribution is -2.11. The molecule has 14 heavy (non-hydrogen) atoms. The highest BCUT2D eigenvalue weighted by atomic mass is 16.5. The first-order valence-electron chi connectivity index (χ1n) is 3.95. The van der Waals surface area contributed by atoms with Gasteiger partial charge in [-0.3, -0.25) is 9.59 Å². The maximum Gasteiger partial charge on any atom is 0.313 e. The maximum absolute atomic E-state index is 11.4. The Kier molecular flexibility index (Phi) is 3.17. The van der Waals surface area contributed by atoms with Crippen LogP contribution in [0.3, 0.4) is 0 Å². The van der Waals surface area contributed by atoms with Crippen molar-refractivity contribution in [3.05, 3.63) is 23.9 Å². The molecule has 0 fully saturated rings. The van der Waals surface area contributed by atoms with Crippen molar-refractivity contribution in [1.29, 1.82) is 0 Å². The predicted octanol–water partition coefficient (Wildman–Crippen LogP) is 0.410. The lowest BCUT2D eigenvalue weighted by Gasteiger charge is -2.01. The first-order chi connectivity index (χ1) is 6.65. The van der Waals surface area contributed by atoms with E-state index in [1.54, 1.807) is 6.07 Å². The molecule has 0 amide bonds. The Bertz CT molecular complexity index is 363. The van der Waals surface area contributed by atoms with Crippen molar-refractivity contribution >= 4 is 17.6 Å². The Balaban J connectivity index is 2.80. The molecule has 0 aliphatic heterocycles. The lowest BCUT2D eigenvalue weighted by molar-refractivity contribution is -0.139. The summed E-state index contributed by atoms with van der Waals surface area (Å²) in [4.78, 5) is 26.0. The van der Waals surface area contributed by atoms with Crippen LogP contribution in [0.1, 0.15) is 16.8 Å². The van der Waals surface area contributed by atoms with Crippen LogP contribution in [0.2, 0.25) is 0 Å². The minimum atomic E-state index is -0.585. The third kappa shape index (κ3) is 2.29. The van der Waals surface area contributed by atoms with Crippen LogP contribution in [0, 0.1) is 0 Å². The summed E-state index contributed by atoms with van der Waals surface area (Å²) in [6, 6.07) is 3.11. The normalized spacial score (nSPS) is 9.50. The van der Waals surface area contributed by atoms with Gasteiger partial charge in [-0.25, -0.2) is 4.98 Å². The van der Waals surface area contributed by atoms with Gasteiger partial charge in [0.15, 0.2) is 5.78 Å². The van der Waals surface area contributed by atoms with Crippen molar-refractivity contribution in [3.63, 3.8) is 0 Å². The molecular weight excluding hydrogens is 184 g/mol. The first-order valence-corrected chi connectivity index (χ1v) is 3.95. The number of pyridine rings is 1. The molecule has 0 saturated heterocycles. The van der Waals surface area contributed by atoms with Crippen molar-refractivity contribution in [1.82, 2.24) is 4.98 Å². The highest BCUT2D eigenvalue weighted by molar-refractivity contribution is 6.08. The highest BCUT2D eigenvalue weighted by Gasteiger charge is 2.14. The van der Waals surface area contributed by atoms with E-state index in [1.165, 1.54) is 19.4 Å². The smallest absolute Gasteiger partial charge is 0.313 e. The van der Waals surface area contributed by atoms with Crippen molar-refractivity contribution < 1.29 is 14.3 Å². The minimum Gasteiger partial charge on any atom is -0.469 e. The average Bonchev–Trinajstić information content (AvgIpc) is 2.18. The number of nitrogens with two attached hydrogens (primary N) is 1. The summed E-state index contributed by atoms with van der Waals surface area (Å²) in [5.74, 6) is -0.845. The fraction of sp³-hybridized carbons (Fsp3) is 0.222. The molecule has 74 valence electrons. The summed E-state index contributed by atoms with van der Waals surface area (Å²) in [6.07, 6.45) is 1.16. The largest absolute Gasteiger partial charge is 0.469 e. The fourth-order valence-electron chi connectivity index (χ4n) is 0.952. The summed E-state index contributed by atoms with van der Waals surface area (Å²) in [6.45, 7) is 0. The van der Waals surface area contributed by atoms with E-state index >= 15 is 0 Å². The minimum absolute atomic E-state index is 0.126. The number of carbonyl (C=O) groups is 2. The number of hydrogen-bond donors (Lipinski definition) is 1. The van der Waals surface area contributed by atoms with Crippen molar-refractivity contribution in [3.8, 4) is 0 Å². The predicted molar refractivity (Wildman–Crippen MR) is 49.6 cm³/mol. The molecule has 0 unspecified atom stereocenters. The second-order valence-corrected chi connectivity index (χ2v) is 2.61. The summed E-state index contributed by atoms with van der Waals surface area (Å²) >= 11 is 0. The number of nitrogens with zero attached hydrogens (tertiary/aromatic N) is 1. The van der Waals surface area contributed by atoms with E-state index in [2.05, 4.69) is 9.72 Å². The second kappa shape index (κ2) is 4.36. The number of carbonyl (C=O) groups excluding carboxylic acids is 2. The number of esters is 1. The third-order valence-electron chi connectivity index (χ3n) is 1.67. The standard InChI is InChI=1S/C9H10N2O3/c1-14-8(13)5-7(12)6-3-2-4-11-9(6)10/h2-4H,5H2,1H3,(H2,10,11). The zero-order valence-corrected chi connectivity index (χ0v) is 7.69. The van der Waals surface area contributed by atoms with Crippen LogP contribution < -0.4 is 5.73 Å².